The zero-order valence-corrected chi connectivity index (χ0v) is 15.4. The molecule has 0 saturated carbocycles. The van der Waals surface area contributed by atoms with Crippen molar-refractivity contribution < 1.29 is 13.0 Å². The lowest BCUT2D eigenvalue weighted by Crippen LogP contribution is -2.30. The average Bonchev–Trinajstić information content (AvgIpc) is 1.93. The first kappa shape index (κ1) is 17.3. The van der Waals surface area contributed by atoms with Crippen LogP contribution in [0.3, 0.4) is 0 Å². The number of rotatable bonds is 6. The van der Waals surface area contributed by atoms with Gasteiger partial charge in [-0.1, -0.05) is 11.6 Å². The van der Waals surface area contributed by atoms with Gasteiger partial charge in [0.25, 0.3) is 0 Å². The van der Waals surface area contributed by atoms with Crippen molar-refractivity contribution in [3.05, 3.63) is 11.6 Å². The smallest absolute Gasteiger partial charge is 0.315 e. The highest BCUT2D eigenvalue weighted by atomic mass is 31.2. The van der Waals surface area contributed by atoms with Crippen molar-refractivity contribution in [2.75, 3.05) is 6.16 Å². The Kier molecular flexibility index (Phi) is 6.09. The largest absolute Gasteiger partial charge is 0.351 e. The standard InChI is InChI=1S/C11H27O3PSi2/c1-11(2)9-10-15(12,13-16(3,4)5)14-17(6,7)8/h9H,10H2,1-8H3. The van der Waals surface area contributed by atoms with E-state index in [9.17, 15) is 4.57 Å². The van der Waals surface area contributed by atoms with Crippen molar-refractivity contribution in [1.29, 1.82) is 0 Å². The van der Waals surface area contributed by atoms with Gasteiger partial charge in [0.2, 0.25) is 0 Å². The molecule has 0 aromatic carbocycles. The van der Waals surface area contributed by atoms with Gasteiger partial charge in [-0.25, -0.2) is 0 Å². The third kappa shape index (κ3) is 9.97. The summed E-state index contributed by atoms with van der Waals surface area (Å²) in [6, 6.07) is 0. The van der Waals surface area contributed by atoms with Crippen LogP contribution >= 0.6 is 7.60 Å². The van der Waals surface area contributed by atoms with E-state index in [0.717, 1.165) is 5.57 Å². The van der Waals surface area contributed by atoms with Crippen molar-refractivity contribution >= 4 is 24.2 Å². The van der Waals surface area contributed by atoms with E-state index in [1.165, 1.54) is 0 Å². The molecule has 0 aromatic heterocycles. The summed E-state index contributed by atoms with van der Waals surface area (Å²) in [5.41, 5.74) is 1.14. The Bertz CT molecular complexity index is 303. The minimum atomic E-state index is -2.97. The second-order valence-corrected chi connectivity index (χ2v) is 18.0. The van der Waals surface area contributed by atoms with Crippen molar-refractivity contribution in [3.63, 3.8) is 0 Å². The van der Waals surface area contributed by atoms with Crippen LogP contribution in [0, 0.1) is 0 Å². The predicted molar refractivity (Wildman–Crippen MR) is 80.8 cm³/mol. The van der Waals surface area contributed by atoms with Gasteiger partial charge in [0.1, 0.15) is 0 Å². The monoisotopic (exact) mass is 294 g/mol. The normalized spacial score (nSPS) is 13.6. The molecule has 0 fully saturated rings. The van der Waals surface area contributed by atoms with Crippen LogP contribution in [-0.4, -0.2) is 22.8 Å². The SMILES string of the molecule is CC(C)=CCP(=O)(O[Si](C)(C)C)O[Si](C)(C)C. The molecule has 0 aromatic rings. The quantitative estimate of drug-likeness (QED) is 0.399. The molecular formula is C11H27O3PSi2. The van der Waals surface area contributed by atoms with Gasteiger partial charge >= 0.3 is 7.60 Å². The Labute approximate surface area is 108 Å². The third-order valence-corrected chi connectivity index (χ3v) is 8.79. The van der Waals surface area contributed by atoms with Crippen molar-refractivity contribution in [2.24, 2.45) is 0 Å². The van der Waals surface area contributed by atoms with Gasteiger partial charge in [-0.3, -0.25) is 4.57 Å². The summed E-state index contributed by atoms with van der Waals surface area (Å²) in [6.45, 7) is 16.2. The first-order chi connectivity index (χ1) is 7.33. The molecule has 0 radical (unpaired) electrons. The third-order valence-electron chi connectivity index (χ3n) is 1.55. The zero-order valence-electron chi connectivity index (χ0n) is 12.5. The Balaban J connectivity index is 4.95. The first-order valence-corrected chi connectivity index (χ1v) is 14.5. The maximum absolute atomic E-state index is 12.7. The van der Waals surface area contributed by atoms with Gasteiger partial charge in [-0.2, -0.15) is 0 Å². The lowest BCUT2D eigenvalue weighted by atomic mass is 10.3. The fraction of sp³-hybridized carbons (Fsp3) is 0.818. The second kappa shape index (κ2) is 5.98. The fourth-order valence-electron chi connectivity index (χ4n) is 1.22. The molecule has 0 saturated heterocycles. The molecule has 17 heavy (non-hydrogen) atoms. The molecule has 0 rings (SSSR count). The van der Waals surface area contributed by atoms with Crippen LogP contribution in [0.25, 0.3) is 0 Å². The topological polar surface area (TPSA) is 35.5 Å². The zero-order chi connectivity index (χ0) is 13.9. The van der Waals surface area contributed by atoms with Crippen LogP contribution in [0.1, 0.15) is 13.8 Å². The first-order valence-electron chi connectivity index (χ1n) is 5.97. The van der Waals surface area contributed by atoms with Crippen LogP contribution in [0.2, 0.25) is 39.3 Å². The summed E-state index contributed by atoms with van der Waals surface area (Å²) in [5.74, 6) is 0. The fourth-order valence-corrected chi connectivity index (χ4v) is 9.57. The highest BCUT2D eigenvalue weighted by Crippen LogP contribution is 2.53. The van der Waals surface area contributed by atoms with Gasteiger partial charge in [0.15, 0.2) is 16.6 Å². The molecule has 0 heterocycles. The van der Waals surface area contributed by atoms with Crippen LogP contribution < -0.4 is 0 Å². The summed E-state index contributed by atoms with van der Waals surface area (Å²) >= 11 is 0. The summed E-state index contributed by atoms with van der Waals surface area (Å²) in [4.78, 5) is 0. The molecule has 0 unspecified atom stereocenters. The maximum Gasteiger partial charge on any atom is 0.315 e. The van der Waals surface area contributed by atoms with Gasteiger partial charge < -0.3 is 8.43 Å². The van der Waals surface area contributed by atoms with E-state index in [4.69, 9.17) is 8.43 Å². The van der Waals surface area contributed by atoms with Gasteiger partial charge in [0, 0.05) is 0 Å². The van der Waals surface area contributed by atoms with Gasteiger partial charge in [-0.05, 0) is 53.1 Å². The molecular weight excluding hydrogens is 267 g/mol. The molecule has 0 aliphatic rings. The maximum atomic E-state index is 12.7. The highest BCUT2D eigenvalue weighted by molar-refractivity contribution is 7.57. The van der Waals surface area contributed by atoms with Crippen LogP contribution in [0.4, 0.5) is 0 Å². The molecule has 0 aliphatic carbocycles. The van der Waals surface area contributed by atoms with E-state index < -0.39 is 24.2 Å². The van der Waals surface area contributed by atoms with Crippen molar-refractivity contribution in [3.8, 4) is 0 Å². The predicted octanol–water partition coefficient (Wildman–Crippen LogP) is 4.85. The number of hydrogen-bond acceptors (Lipinski definition) is 3. The minimum Gasteiger partial charge on any atom is -0.351 e. The summed E-state index contributed by atoms with van der Waals surface area (Å²) in [7, 11) is -6.69. The van der Waals surface area contributed by atoms with Crippen molar-refractivity contribution in [2.45, 2.75) is 53.1 Å². The minimum absolute atomic E-state index is 0.393. The molecule has 0 spiro atoms. The number of hydrogen-bond donors (Lipinski definition) is 0. The lowest BCUT2D eigenvalue weighted by molar-refractivity contribution is 0.386. The van der Waals surface area contributed by atoms with Gasteiger partial charge in [0.05, 0.1) is 6.16 Å². The molecule has 0 aliphatic heterocycles. The number of allylic oxidation sites excluding steroid dienone is 2. The van der Waals surface area contributed by atoms with E-state index in [2.05, 4.69) is 0 Å². The van der Waals surface area contributed by atoms with E-state index in [1.54, 1.807) is 0 Å². The Hall–Kier alpha value is 0.324. The second-order valence-electron chi connectivity index (χ2n) is 6.48. The molecule has 102 valence electrons. The Morgan fingerprint density at radius 3 is 1.59 bits per heavy atom. The van der Waals surface area contributed by atoms with E-state index in [1.807, 2.05) is 59.2 Å². The van der Waals surface area contributed by atoms with Crippen molar-refractivity contribution in [1.82, 2.24) is 0 Å². The highest BCUT2D eigenvalue weighted by Gasteiger charge is 2.35. The lowest BCUT2D eigenvalue weighted by Gasteiger charge is -2.30. The van der Waals surface area contributed by atoms with E-state index in [-0.39, 0.29) is 0 Å². The van der Waals surface area contributed by atoms with Crippen LogP contribution in [0.15, 0.2) is 11.6 Å². The molecule has 6 heteroatoms. The molecule has 3 nitrogen and oxygen atoms in total. The van der Waals surface area contributed by atoms with Crippen LogP contribution in [-0.2, 0) is 13.0 Å². The molecule has 0 atom stereocenters. The van der Waals surface area contributed by atoms with Crippen LogP contribution in [0.5, 0.6) is 0 Å². The van der Waals surface area contributed by atoms with E-state index >= 15 is 0 Å². The average molecular weight is 294 g/mol. The summed E-state index contributed by atoms with van der Waals surface area (Å²) in [5, 5.41) is 0. The van der Waals surface area contributed by atoms with E-state index in [0.29, 0.717) is 6.16 Å². The Morgan fingerprint density at radius 2 is 1.35 bits per heavy atom. The Morgan fingerprint density at radius 1 is 1.00 bits per heavy atom. The molecule has 0 N–H and O–H groups in total. The summed E-state index contributed by atoms with van der Waals surface area (Å²) < 4.78 is 24.4. The van der Waals surface area contributed by atoms with Gasteiger partial charge in [-0.15, -0.1) is 0 Å². The summed E-state index contributed by atoms with van der Waals surface area (Å²) in [6.07, 6.45) is 2.34. The molecule has 0 amide bonds. The molecule has 0 bridgehead atoms.